The van der Waals surface area contributed by atoms with Crippen molar-refractivity contribution in [2.45, 2.75) is 60.8 Å². The number of nitrogens with one attached hydrogen (secondary N) is 1. The Morgan fingerprint density at radius 3 is 2.00 bits per heavy atom. The summed E-state index contributed by atoms with van der Waals surface area (Å²) in [6.07, 6.45) is 3.81. The van der Waals surface area contributed by atoms with E-state index in [4.69, 9.17) is 0 Å². The van der Waals surface area contributed by atoms with Gasteiger partial charge in [0.2, 0.25) is 0 Å². The van der Waals surface area contributed by atoms with Gasteiger partial charge in [0.25, 0.3) is 0 Å². The van der Waals surface area contributed by atoms with Crippen molar-refractivity contribution in [3.8, 4) is 0 Å². The molecule has 0 saturated carbocycles. The van der Waals surface area contributed by atoms with Crippen molar-refractivity contribution >= 4 is 11.3 Å². The standard InChI is InChI=1S/C6H13N.C5H7NS.2C2H6/c1-6-2-4-7-5-3-6;1-2-5-3-7-4-6-5;2*1-2/h6-7H,2-5H2,1H3;3-4H,2H2,1H3;2*1-2H3. The summed E-state index contributed by atoms with van der Waals surface area (Å²) in [5.41, 5.74) is 3.06. The second-order valence-corrected chi connectivity index (χ2v) is 4.48. The molecule has 1 aromatic heterocycles. The molecule has 3 heteroatoms. The average molecular weight is 273 g/mol. The highest BCUT2D eigenvalue weighted by atomic mass is 32.1. The van der Waals surface area contributed by atoms with E-state index in [1.165, 1.54) is 31.6 Å². The molecular weight excluding hydrogens is 240 g/mol. The first-order valence-corrected chi connectivity index (χ1v) is 8.35. The minimum absolute atomic E-state index is 0.973. The fourth-order valence-electron chi connectivity index (χ4n) is 1.38. The normalized spacial score (nSPS) is 14.1. The Balaban J connectivity index is 0. The van der Waals surface area contributed by atoms with Crippen molar-refractivity contribution in [2.75, 3.05) is 13.1 Å². The predicted octanol–water partition coefficient (Wildman–Crippen LogP) is 4.76. The van der Waals surface area contributed by atoms with Crippen LogP contribution in [0.5, 0.6) is 0 Å². The molecule has 1 aliphatic rings. The van der Waals surface area contributed by atoms with E-state index in [9.17, 15) is 0 Å². The van der Waals surface area contributed by atoms with Crippen molar-refractivity contribution in [3.63, 3.8) is 0 Å². The summed E-state index contributed by atoms with van der Waals surface area (Å²) in [6.45, 7) is 14.9. The number of aryl methyl sites for hydroxylation is 1. The van der Waals surface area contributed by atoms with E-state index in [-0.39, 0.29) is 0 Å². The fourth-order valence-corrected chi connectivity index (χ4v) is 2.02. The number of thiazole rings is 1. The third-order valence-electron chi connectivity index (χ3n) is 2.47. The van der Waals surface area contributed by atoms with Gasteiger partial charge in [-0.15, -0.1) is 11.3 Å². The molecule has 0 amide bonds. The van der Waals surface area contributed by atoms with Crippen molar-refractivity contribution in [2.24, 2.45) is 5.92 Å². The van der Waals surface area contributed by atoms with Crippen molar-refractivity contribution < 1.29 is 0 Å². The first-order valence-electron chi connectivity index (χ1n) is 7.40. The van der Waals surface area contributed by atoms with Gasteiger partial charge < -0.3 is 5.32 Å². The molecule has 0 unspecified atom stereocenters. The van der Waals surface area contributed by atoms with Gasteiger partial charge in [-0.2, -0.15) is 0 Å². The Hall–Kier alpha value is -0.410. The molecule has 1 fully saturated rings. The lowest BCUT2D eigenvalue weighted by molar-refractivity contribution is 0.402. The number of aromatic nitrogens is 1. The van der Waals surface area contributed by atoms with E-state index >= 15 is 0 Å². The minimum Gasteiger partial charge on any atom is -0.317 e. The summed E-state index contributed by atoms with van der Waals surface area (Å²) in [7, 11) is 0. The lowest BCUT2D eigenvalue weighted by Gasteiger charge is -2.17. The van der Waals surface area contributed by atoms with Gasteiger partial charge in [0.1, 0.15) is 0 Å². The van der Waals surface area contributed by atoms with E-state index in [1.807, 2.05) is 33.2 Å². The topological polar surface area (TPSA) is 24.9 Å². The summed E-state index contributed by atoms with van der Waals surface area (Å²) in [6, 6.07) is 0. The Morgan fingerprint density at radius 2 is 1.78 bits per heavy atom. The van der Waals surface area contributed by atoms with Gasteiger partial charge in [0.15, 0.2) is 0 Å². The molecule has 2 nitrogen and oxygen atoms in total. The SMILES string of the molecule is CC.CC.CC1CCNCC1.CCc1cscn1. The molecule has 1 saturated heterocycles. The zero-order chi connectivity index (χ0) is 14.2. The minimum atomic E-state index is 0.973. The molecule has 1 N–H and O–H groups in total. The van der Waals surface area contributed by atoms with Crippen LogP contribution in [0.25, 0.3) is 0 Å². The highest BCUT2D eigenvalue weighted by molar-refractivity contribution is 7.07. The Kier molecular flexibility index (Phi) is 18.4. The van der Waals surface area contributed by atoms with Crippen LogP contribution in [-0.4, -0.2) is 18.1 Å². The maximum atomic E-state index is 4.05. The second-order valence-electron chi connectivity index (χ2n) is 3.77. The van der Waals surface area contributed by atoms with Gasteiger partial charge in [0, 0.05) is 5.38 Å². The van der Waals surface area contributed by atoms with Crippen LogP contribution in [-0.2, 0) is 6.42 Å². The van der Waals surface area contributed by atoms with Crippen molar-refractivity contribution in [3.05, 3.63) is 16.6 Å². The first-order chi connectivity index (χ1) is 8.83. The third-order valence-corrected chi connectivity index (χ3v) is 3.11. The molecule has 2 rings (SSSR count). The van der Waals surface area contributed by atoms with Crippen LogP contribution in [0.15, 0.2) is 10.9 Å². The largest absolute Gasteiger partial charge is 0.317 e. The molecule has 0 bridgehead atoms. The maximum Gasteiger partial charge on any atom is 0.0794 e. The van der Waals surface area contributed by atoms with Crippen molar-refractivity contribution in [1.29, 1.82) is 0 Å². The molecule has 0 radical (unpaired) electrons. The highest BCUT2D eigenvalue weighted by Crippen LogP contribution is 2.08. The van der Waals surface area contributed by atoms with Gasteiger partial charge >= 0.3 is 0 Å². The van der Waals surface area contributed by atoms with Crippen LogP contribution in [0.1, 0.15) is 60.1 Å². The lowest BCUT2D eigenvalue weighted by Crippen LogP contribution is -2.26. The summed E-state index contributed by atoms with van der Waals surface area (Å²) in [5.74, 6) is 0.973. The lowest BCUT2D eigenvalue weighted by atomic mass is 10.0. The zero-order valence-corrected chi connectivity index (χ0v) is 13.9. The molecule has 0 spiro atoms. The number of piperidine rings is 1. The average Bonchev–Trinajstić information content (AvgIpc) is 2.98. The van der Waals surface area contributed by atoms with Gasteiger partial charge in [-0.05, 0) is 38.3 Å². The molecule has 1 aromatic rings. The zero-order valence-electron chi connectivity index (χ0n) is 13.1. The molecule has 2 heterocycles. The van der Waals surface area contributed by atoms with E-state index in [2.05, 4.69) is 29.5 Å². The van der Waals surface area contributed by atoms with E-state index in [0.29, 0.717) is 0 Å². The quantitative estimate of drug-likeness (QED) is 0.797. The fraction of sp³-hybridized carbons (Fsp3) is 0.800. The van der Waals surface area contributed by atoms with Crippen LogP contribution in [0.2, 0.25) is 0 Å². The monoisotopic (exact) mass is 272 g/mol. The first kappa shape index (κ1) is 19.9. The number of rotatable bonds is 1. The molecular formula is C15H32N2S. The highest BCUT2D eigenvalue weighted by Gasteiger charge is 2.04. The molecule has 18 heavy (non-hydrogen) atoms. The summed E-state index contributed by atoms with van der Waals surface area (Å²) >= 11 is 1.65. The van der Waals surface area contributed by atoms with Crippen LogP contribution < -0.4 is 5.32 Å². The van der Waals surface area contributed by atoms with Gasteiger partial charge in [0.05, 0.1) is 11.2 Å². The summed E-state index contributed by atoms with van der Waals surface area (Å²) in [4.78, 5) is 4.05. The number of hydrogen-bond acceptors (Lipinski definition) is 3. The van der Waals surface area contributed by atoms with E-state index < -0.39 is 0 Å². The smallest absolute Gasteiger partial charge is 0.0794 e. The number of nitrogens with zero attached hydrogens (tertiary/aromatic N) is 1. The molecule has 1 aliphatic heterocycles. The molecule has 0 atom stereocenters. The van der Waals surface area contributed by atoms with Gasteiger partial charge in [-0.1, -0.05) is 41.5 Å². The second kappa shape index (κ2) is 16.6. The molecule has 0 aliphatic carbocycles. The van der Waals surface area contributed by atoms with E-state index in [0.717, 1.165) is 12.3 Å². The van der Waals surface area contributed by atoms with Crippen LogP contribution in [0, 0.1) is 5.92 Å². The van der Waals surface area contributed by atoms with Crippen LogP contribution in [0.3, 0.4) is 0 Å². The number of hydrogen-bond donors (Lipinski definition) is 1. The van der Waals surface area contributed by atoms with Crippen molar-refractivity contribution in [1.82, 2.24) is 10.3 Å². The Labute approximate surface area is 118 Å². The maximum absolute atomic E-state index is 4.05. The van der Waals surface area contributed by atoms with Crippen LogP contribution in [0.4, 0.5) is 0 Å². The van der Waals surface area contributed by atoms with Crippen LogP contribution >= 0.6 is 11.3 Å². The molecule has 0 aromatic carbocycles. The predicted molar refractivity (Wildman–Crippen MR) is 85.5 cm³/mol. The Morgan fingerprint density at radius 1 is 1.22 bits per heavy atom. The summed E-state index contributed by atoms with van der Waals surface area (Å²) < 4.78 is 0. The van der Waals surface area contributed by atoms with E-state index in [1.54, 1.807) is 11.3 Å². The van der Waals surface area contributed by atoms with Gasteiger partial charge in [-0.25, -0.2) is 4.98 Å². The van der Waals surface area contributed by atoms with Gasteiger partial charge in [-0.3, -0.25) is 0 Å². The Bertz CT molecular complexity index is 216. The third kappa shape index (κ3) is 12.1. The molecule has 108 valence electrons. The summed E-state index contributed by atoms with van der Waals surface area (Å²) in [5, 5.41) is 5.38.